The summed E-state index contributed by atoms with van der Waals surface area (Å²) in [6.45, 7) is 10.7. The monoisotopic (exact) mass is 547 g/mol. The molecule has 10 atom stereocenters. The van der Waals surface area contributed by atoms with Gasteiger partial charge in [-0.1, -0.05) is 64.7 Å². The lowest BCUT2D eigenvalue weighted by atomic mass is 9.73. The highest BCUT2D eigenvalue weighted by atomic mass is 16.5. The Morgan fingerprint density at radius 1 is 0.950 bits per heavy atom. The SMILES string of the molecule is Cc1ccc(NC(=O)[C@@H]2[C@@H]3C=C[C@]4(O3)[C@@H]2C(=O)N([C@H]2CCCC[C@H]2C)[C@H]4C(=O)N[C@@H]2CCC[C@H](C)[C@@H]2C)cc1C. The molecule has 2 saturated carbocycles. The van der Waals surface area contributed by atoms with E-state index in [1.54, 1.807) is 0 Å². The van der Waals surface area contributed by atoms with Crippen LogP contribution in [0.15, 0.2) is 30.4 Å². The first-order chi connectivity index (χ1) is 19.1. The minimum absolute atomic E-state index is 0.0285. The van der Waals surface area contributed by atoms with Crippen molar-refractivity contribution in [2.24, 2.45) is 29.6 Å². The van der Waals surface area contributed by atoms with Crippen molar-refractivity contribution < 1.29 is 19.1 Å². The molecule has 2 saturated heterocycles. The highest BCUT2D eigenvalue weighted by molar-refractivity contribution is 6.03. The normalized spacial score (nSPS) is 40.3. The molecule has 0 radical (unpaired) electrons. The van der Waals surface area contributed by atoms with E-state index < -0.39 is 29.6 Å². The van der Waals surface area contributed by atoms with Crippen LogP contribution in [-0.2, 0) is 19.1 Å². The summed E-state index contributed by atoms with van der Waals surface area (Å²) >= 11 is 0. The van der Waals surface area contributed by atoms with Crippen molar-refractivity contribution in [1.82, 2.24) is 10.2 Å². The van der Waals surface area contributed by atoms with E-state index in [-0.39, 0.29) is 29.8 Å². The minimum Gasteiger partial charge on any atom is -0.359 e. The smallest absolute Gasteiger partial charge is 0.246 e. The largest absolute Gasteiger partial charge is 0.359 e. The number of hydrogen-bond donors (Lipinski definition) is 2. The predicted octanol–water partition coefficient (Wildman–Crippen LogP) is 4.91. The van der Waals surface area contributed by atoms with Gasteiger partial charge in [0.2, 0.25) is 17.7 Å². The number of carbonyl (C=O) groups is 3. The van der Waals surface area contributed by atoms with E-state index in [0.717, 1.165) is 49.7 Å². The number of nitrogens with one attached hydrogen (secondary N) is 2. The summed E-state index contributed by atoms with van der Waals surface area (Å²) in [5, 5.41) is 6.45. The number of benzene rings is 1. The molecule has 216 valence electrons. The number of amides is 3. The molecule has 4 fully saturated rings. The van der Waals surface area contributed by atoms with Gasteiger partial charge in [0.1, 0.15) is 11.6 Å². The number of likely N-dealkylation sites (tertiary alicyclic amines) is 1. The van der Waals surface area contributed by atoms with Crippen LogP contribution in [0.4, 0.5) is 5.69 Å². The number of anilines is 1. The molecule has 3 heterocycles. The van der Waals surface area contributed by atoms with Crippen LogP contribution in [0, 0.1) is 43.4 Å². The maximum absolute atomic E-state index is 14.5. The Bertz CT molecular complexity index is 1230. The van der Waals surface area contributed by atoms with Crippen molar-refractivity contribution in [2.75, 3.05) is 5.32 Å². The van der Waals surface area contributed by atoms with Crippen LogP contribution < -0.4 is 10.6 Å². The van der Waals surface area contributed by atoms with E-state index in [9.17, 15) is 14.4 Å². The third-order valence-corrected chi connectivity index (χ3v) is 11.1. The lowest BCUT2D eigenvalue weighted by Gasteiger charge is -2.42. The molecule has 0 aromatic heterocycles. The Morgan fingerprint density at radius 3 is 2.45 bits per heavy atom. The standard InChI is InChI=1S/C33H45N3O4/c1-18-13-14-23(17-21(18)4)34-30(37)27-26-15-16-33(40-26)28(27)32(39)36(25-12-7-6-9-20(25)3)29(33)31(38)35-24-11-8-10-19(2)22(24)5/h13-17,19-20,22,24-29H,6-12H2,1-5H3,(H,34,37)(H,35,38)/t19-,20+,22-,24+,25-,26-,27+,28-,29-,33-/m0/s1. The van der Waals surface area contributed by atoms with Crippen LogP contribution in [0.2, 0.25) is 0 Å². The summed E-state index contributed by atoms with van der Waals surface area (Å²) in [5.74, 6) is -0.615. The molecule has 7 nitrogen and oxygen atoms in total. The maximum atomic E-state index is 14.5. The van der Waals surface area contributed by atoms with Gasteiger partial charge >= 0.3 is 0 Å². The molecule has 3 aliphatic heterocycles. The predicted molar refractivity (Wildman–Crippen MR) is 154 cm³/mol. The van der Waals surface area contributed by atoms with Crippen molar-refractivity contribution in [1.29, 1.82) is 0 Å². The van der Waals surface area contributed by atoms with Gasteiger partial charge in [0.05, 0.1) is 17.9 Å². The van der Waals surface area contributed by atoms with E-state index in [2.05, 4.69) is 31.4 Å². The Kier molecular flexibility index (Phi) is 7.09. The molecule has 1 spiro atoms. The number of ether oxygens (including phenoxy) is 1. The van der Waals surface area contributed by atoms with Crippen molar-refractivity contribution in [3.63, 3.8) is 0 Å². The molecule has 2 bridgehead atoms. The zero-order valence-corrected chi connectivity index (χ0v) is 24.6. The number of nitrogens with zero attached hydrogens (tertiary/aromatic N) is 1. The fraction of sp³-hybridized carbons (Fsp3) is 0.667. The van der Waals surface area contributed by atoms with Gasteiger partial charge in [0, 0.05) is 17.8 Å². The molecule has 3 amide bonds. The van der Waals surface area contributed by atoms with Gasteiger partial charge in [-0.2, -0.15) is 0 Å². The van der Waals surface area contributed by atoms with E-state index in [1.165, 1.54) is 6.42 Å². The molecule has 2 N–H and O–H groups in total. The fourth-order valence-corrected chi connectivity index (χ4v) is 8.37. The van der Waals surface area contributed by atoms with Crippen molar-refractivity contribution >= 4 is 23.4 Å². The minimum atomic E-state index is -1.11. The Morgan fingerprint density at radius 2 is 1.70 bits per heavy atom. The van der Waals surface area contributed by atoms with Crippen LogP contribution in [0.25, 0.3) is 0 Å². The maximum Gasteiger partial charge on any atom is 0.246 e. The van der Waals surface area contributed by atoms with Gasteiger partial charge in [-0.3, -0.25) is 14.4 Å². The molecule has 40 heavy (non-hydrogen) atoms. The zero-order valence-electron chi connectivity index (χ0n) is 24.6. The van der Waals surface area contributed by atoms with Gasteiger partial charge in [-0.15, -0.1) is 0 Å². The van der Waals surface area contributed by atoms with Gasteiger partial charge in [0.25, 0.3) is 0 Å². The second-order valence-electron chi connectivity index (χ2n) is 13.4. The molecule has 7 heteroatoms. The summed E-state index contributed by atoms with van der Waals surface area (Å²) in [6, 6.07) is 5.14. The van der Waals surface area contributed by atoms with Crippen LogP contribution in [0.3, 0.4) is 0 Å². The Labute approximate surface area is 238 Å². The average molecular weight is 548 g/mol. The first-order valence-corrected chi connectivity index (χ1v) is 15.5. The van der Waals surface area contributed by atoms with Crippen molar-refractivity contribution in [3.8, 4) is 0 Å². The third-order valence-electron chi connectivity index (χ3n) is 11.1. The van der Waals surface area contributed by atoms with E-state index in [0.29, 0.717) is 23.4 Å². The van der Waals surface area contributed by atoms with Crippen LogP contribution in [0.1, 0.15) is 76.8 Å². The number of aryl methyl sites for hydroxylation is 2. The fourth-order valence-electron chi connectivity index (χ4n) is 8.37. The van der Waals surface area contributed by atoms with Crippen molar-refractivity contribution in [2.45, 2.75) is 109 Å². The highest BCUT2D eigenvalue weighted by Gasteiger charge is 2.73. The van der Waals surface area contributed by atoms with Crippen LogP contribution in [0.5, 0.6) is 0 Å². The lowest BCUT2D eigenvalue weighted by Crippen LogP contribution is -2.60. The zero-order chi connectivity index (χ0) is 28.3. The van der Waals surface area contributed by atoms with E-state index >= 15 is 0 Å². The lowest BCUT2D eigenvalue weighted by molar-refractivity contribution is -0.146. The molecular weight excluding hydrogens is 502 g/mol. The molecule has 1 aromatic carbocycles. The van der Waals surface area contributed by atoms with E-state index in [4.69, 9.17) is 4.74 Å². The molecule has 1 aromatic rings. The summed E-state index contributed by atoms with van der Waals surface area (Å²) in [7, 11) is 0. The average Bonchev–Trinajstić information content (AvgIpc) is 3.56. The van der Waals surface area contributed by atoms with E-state index in [1.807, 2.05) is 49.1 Å². The first kappa shape index (κ1) is 27.5. The summed E-state index contributed by atoms with van der Waals surface area (Å²) in [4.78, 5) is 44.4. The molecule has 2 aliphatic carbocycles. The highest BCUT2D eigenvalue weighted by Crippen LogP contribution is 2.56. The second-order valence-corrected chi connectivity index (χ2v) is 13.4. The van der Waals surface area contributed by atoms with Gasteiger partial charge < -0.3 is 20.3 Å². The van der Waals surface area contributed by atoms with Gasteiger partial charge in [-0.25, -0.2) is 0 Å². The number of fused-ring (bicyclic) bond motifs is 1. The Hall–Kier alpha value is -2.67. The third kappa shape index (κ3) is 4.31. The van der Waals surface area contributed by atoms with Crippen LogP contribution >= 0.6 is 0 Å². The summed E-state index contributed by atoms with van der Waals surface area (Å²) in [6.07, 6.45) is 10.6. The number of rotatable bonds is 5. The topological polar surface area (TPSA) is 87.7 Å². The second kappa shape index (κ2) is 10.3. The van der Waals surface area contributed by atoms with Crippen LogP contribution in [-0.4, -0.2) is 52.5 Å². The molecule has 5 aliphatic rings. The number of carbonyl (C=O) groups excluding carboxylic acids is 3. The molecular formula is C33H45N3O4. The molecule has 6 rings (SSSR count). The summed E-state index contributed by atoms with van der Waals surface area (Å²) < 4.78 is 6.60. The number of hydrogen-bond acceptors (Lipinski definition) is 4. The Balaban J connectivity index is 1.33. The summed E-state index contributed by atoms with van der Waals surface area (Å²) in [5.41, 5.74) is 1.85. The quantitative estimate of drug-likeness (QED) is 0.513. The van der Waals surface area contributed by atoms with Gasteiger partial charge in [-0.05, 0) is 74.1 Å². The van der Waals surface area contributed by atoms with Gasteiger partial charge in [0.15, 0.2) is 0 Å². The first-order valence-electron chi connectivity index (χ1n) is 15.5. The van der Waals surface area contributed by atoms with Crippen molar-refractivity contribution in [3.05, 3.63) is 41.5 Å². The molecule has 0 unspecified atom stereocenters.